The average molecular weight is 293 g/mol. The molecule has 0 bridgehead atoms. The van der Waals surface area contributed by atoms with E-state index in [1.54, 1.807) is 6.20 Å². The molecule has 2 N–H and O–H groups in total. The number of halogens is 1. The Balaban J connectivity index is 1.98. The topological polar surface area (TPSA) is 56.6 Å². The number of rotatable bonds is 2. The number of benzene rings is 1. The molecule has 2 aromatic rings. The number of aliphatic hydroxyl groups is 2. The summed E-state index contributed by atoms with van der Waals surface area (Å²) in [4.78, 5) is 6.54. The number of pyridine rings is 1. The third-order valence-corrected chi connectivity index (χ3v) is 4.19. The van der Waals surface area contributed by atoms with E-state index < -0.39 is 6.10 Å². The molecular formula is C15H17ClN2O2. The van der Waals surface area contributed by atoms with Crippen LogP contribution in [0.4, 0.5) is 5.69 Å². The Morgan fingerprint density at radius 2 is 2.20 bits per heavy atom. The van der Waals surface area contributed by atoms with E-state index in [2.05, 4.69) is 9.88 Å². The van der Waals surface area contributed by atoms with E-state index in [9.17, 15) is 10.2 Å². The van der Waals surface area contributed by atoms with Gasteiger partial charge in [0.05, 0.1) is 18.2 Å². The Morgan fingerprint density at radius 3 is 3.00 bits per heavy atom. The van der Waals surface area contributed by atoms with E-state index in [0.717, 1.165) is 23.1 Å². The first-order chi connectivity index (χ1) is 9.69. The van der Waals surface area contributed by atoms with Gasteiger partial charge in [0, 0.05) is 41.3 Å². The van der Waals surface area contributed by atoms with Crippen molar-refractivity contribution >= 4 is 28.2 Å². The van der Waals surface area contributed by atoms with E-state index in [1.165, 1.54) is 0 Å². The zero-order valence-electron chi connectivity index (χ0n) is 11.0. The predicted molar refractivity (Wildman–Crippen MR) is 80.2 cm³/mol. The van der Waals surface area contributed by atoms with Crippen molar-refractivity contribution in [3.63, 3.8) is 0 Å². The van der Waals surface area contributed by atoms with Gasteiger partial charge in [0.15, 0.2) is 0 Å². The van der Waals surface area contributed by atoms with Crippen LogP contribution in [-0.2, 0) is 0 Å². The normalized spacial score (nSPS) is 23.2. The second-order valence-electron chi connectivity index (χ2n) is 5.24. The summed E-state index contributed by atoms with van der Waals surface area (Å²) in [6.07, 6.45) is 2.02. The highest BCUT2D eigenvalue weighted by molar-refractivity contribution is 6.31. The van der Waals surface area contributed by atoms with Crippen molar-refractivity contribution in [2.75, 3.05) is 24.6 Å². The van der Waals surface area contributed by atoms with Gasteiger partial charge in [-0.1, -0.05) is 11.6 Å². The maximum Gasteiger partial charge on any atom is 0.0737 e. The number of aromatic nitrogens is 1. The maximum absolute atomic E-state index is 9.87. The highest BCUT2D eigenvalue weighted by Crippen LogP contribution is 2.30. The van der Waals surface area contributed by atoms with Gasteiger partial charge in [-0.15, -0.1) is 0 Å². The average Bonchev–Trinajstić information content (AvgIpc) is 2.47. The molecule has 1 aromatic heterocycles. The number of anilines is 1. The Morgan fingerprint density at radius 1 is 1.35 bits per heavy atom. The fourth-order valence-electron chi connectivity index (χ4n) is 2.80. The first kappa shape index (κ1) is 13.6. The third kappa shape index (κ3) is 2.46. The van der Waals surface area contributed by atoms with Gasteiger partial charge < -0.3 is 15.1 Å². The molecule has 2 atom stereocenters. The van der Waals surface area contributed by atoms with E-state index in [4.69, 9.17) is 11.6 Å². The van der Waals surface area contributed by atoms with Gasteiger partial charge >= 0.3 is 0 Å². The van der Waals surface area contributed by atoms with Crippen molar-refractivity contribution in [2.45, 2.75) is 12.5 Å². The lowest BCUT2D eigenvalue weighted by atomic mass is 9.95. The molecule has 0 saturated carbocycles. The monoisotopic (exact) mass is 292 g/mol. The maximum atomic E-state index is 9.87. The molecule has 2 heterocycles. The van der Waals surface area contributed by atoms with E-state index >= 15 is 0 Å². The molecule has 20 heavy (non-hydrogen) atoms. The minimum Gasteiger partial charge on any atom is -0.396 e. The smallest absolute Gasteiger partial charge is 0.0737 e. The van der Waals surface area contributed by atoms with Crippen molar-refractivity contribution in [3.8, 4) is 0 Å². The molecular weight excluding hydrogens is 276 g/mol. The second kappa shape index (κ2) is 5.56. The summed E-state index contributed by atoms with van der Waals surface area (Å²) < 4.78 is 0. The number of hydrogen-bond acceptors (Lipinski definition) is 4. The Kier molecular flexibility index (Phi) is 3.78. The lowest BCUT2D eigenvalue weighted by Gasteiger charge is -2.37. The summed E-state index contributed by atoms with van der Waals surface area (Å²) in [5, 5.41) is 20.9. The molecule has 1 aliphatic rings. The number of aliphatic hydroxyl groups excluding tert-OH is 2. The van der Waals surface area contributed by atoms with E-state index in [1.807, 2.05) is 24.3 Å². The molecule has 1 fully saturated rings. The van der Waals surface area contributed by atoms with Crippen LogP contribution in [0.2, 0.25) is 5.02 Å². The van der Waals surface area contributed by atoms with Crippen LogP contribution in [0.5, 0.6) is 0 Å². The molecule has 4 nitrogen and oxygen atoms in total. The molecule has 0 unspecified atom stereocenters. The molecule has 0 amide bonds. The van der Waals surface area contributed by atoms with Gasteiger partial charge in [0.1, 0.15) is 0 Å². The second-order valence-corrected chi connectivity index (χ2v) is 5.67. The molecule has 1 saturated heterocycles. The SMILES string of the molecule is OC[C@@H]1CN(c2ccnc3cc(Cl)ccc23)CC[C@@H]1O. The number of nitrogens with zero attached hydrogens (tertiary/aromatic N) is 2. The quantitative estimate of drug-likeness (QED) is 0.890. The van der Waals surface area contributed by atoms with Gasteiger partial charge in [0.25, 0.3) is 0 Å². The first-order valence-corrected chi connectivity index (χ1v) is 7.15. The van der Waals surface area contributed by atoms with E-state index in [0.29, 0.717) is 18.0 Å². The summed E-state index contributed by atoms with van der Waals surface area (Å²) in [6.45, 7) is 1.44. The summed E-state index contributed by atoms with van der Waals surface area (Å²) in [6, 6.07) is 7.65. The van der Waals surface area contributed by atoms with Crippen LogP contribution in [0.25, 0.3) is 10.9 Å². The fraction of sp³-hybridized carbons (Fsp3) is 0.400. The standard InChI is InChI=1S/C15H17ClN2O2/c16-11-1-2-12-13(7-11)17-5-3-14(12)18-6-4-15(20)10(8-18)9-19/h1-3,5,7,10,15,19-20H,4,6,8-9H2/t10-,15-/m0/s1. The fourth-order valence-corrected chi connectivity index (χ4v) is 2.97. The molecule has 5 heteroatoms. The van der Waals surface area contributed by atoms with Crippen LogP contribution in [0, 0.1) is 5.92 Å². The summed E-state index contributed by atoms with van der Waals surface area (Å²) in [5.74, 6) is -0.0979. The van der Waals surface area contributed by atoms with Gasteiger partial charge in [-0.2, -0.15) is 0 Å². The molecule has 0 aliphatic carbocycles. The van der Waals surface area contributed by atoms with E-state index in [-0.39, 0.29) is 12.5 Å². The minimum absolute atomic E-state index is 0.00646. The van der Waals surface area contributed by atoms with Crippen LogP contribution in [-0.4, -0.2) is 41.0 Å². The molecule has 106 valence electrons. The molecule has 0 spiro atoms. The van der Waals surface area contributed by atoms with Crippen LogP contribution in [0.1, 0.15) is 6.42 Å². The third-order valence-electron chi connectivity index (χ3n) is 3.95. The van der Waals surface area contributed by atoms with Crippen LogP contribution in [0.15, 0.2) is 30.5 Å². The van der Waals surface area contributed by atoms with Crippen LogP contribution < -0.4 is 4.90 Å². The van der Waals surface area contributed by atoms with Crippen LogP contribution >= 0.6 is 11.6 Å². The van der Waals surface area contributed by atoms with Crippen molar-refractivity contribution in [2.24, 2.45) is 5.92 Å². The molecule has 1 aromatic carbocycles. The lowest BCUT2D eigenvalue weighted by Crippen LogP contribution is -2.44. The Labute approximate surface area is 122 Å². The lowest BCUT2D eigenvalue weighted by molar-refractivity contribution is 0.0526. The van der Waals surface area contributed by atoms with Crippen molar-refractivity contribution in [1.29, 1.82) is 0 Å². The first-order valence-electron chi connectivity index (χ1n) is 6.77. The zero-order chi connectivity index (χ0) is 14.1. The number of piperidine rings is 1. The minimum atomic E-state index is -0.418. The van der Waals surface area contributed by atoms with Gasteiger partial charge in [0.2, 0.25) is 0 Å². The molecule has 0 radical (unpaired) electrons. The van der Waals surface area contributed by atoms with Crippen molar-refractivity contribution in [1.82, 2.24) is 4.98 Å². The summed E-state index contributed by atoms with van der Waals surface area (Å²) in [5.41, 5.74) is 1.94. The summed E-state index contributed by atoms with van der Waals surface area (Å²) >= 11 is 6.00. The molecule has 1 aliphatic heterocycles. The van der Waals surface area contributed by atoms with Crippen molar-refractivity contribution < 1.29 is 10.2 Å². The largest absolute Gasteiger partial charge is 0.396 e. The zero-order valence-corrected chi connectivity index (χ0v) is 11.8. The molecule has 3 rings (SSSR count). The van der Waals surface area contributed by atoms with Crippen molar-refractivity contribution in [3.05, 3.63) is 35.5 Å². The highest BCUT2D eigenvalue weighted by atomic mass is 35.5. The Bertz CT molecular complexity index is 620. The number of hydrogen-bond donors (Lipinski definition) is 2. The number of fused-ring (bicyclic) bond motifs is 1. The van der Waals surface area contributed by atoms with Gasteiger partial charge in [-0.3, -0.25) is 4.98 Å². The van der Waals surface area contributed by atoms with Crippen LogP contribution in [0.3, 0.4) is 0 Å². The Hall–Kier alpha value is -1.36. The van der Waals surface area contributed by atoms with Gasteiger partial charge in [-0.05, 0) is 30.7 Å². The highest BCUT2D eigenvalue weighted by Gasteiger charge is 2.27. The van der Waals surface area contributed by atoms with Gasteiger partial charge in [-0.25, -0.2) is 0 Å². The summed E-state index contributed by atoms with van der Waals surface area (Å²) in [7, 11) is 0. The predicted octanol–water partition coefficient (Wildman–Crippen LogP) is 2.07.